The molecule has 0 amide bonds. The summed E-state index contributed by atoms with van der Waals surface area (Å²) >= 11 is 7.31. The zero-order valence-corrected chi connectivity index (χ0v) is 11.9. The molecule has 0 aliphatic carbocycles. The van der Waals surface area contributed by atoms with E-state index >= 15 is 0 Å². The number of rotatable bonds is 8. The Morgan fingerprint density at radius 2 is 2.00 bits per heavy atom. The standard InChI is InChI=1S/C9H20ClNO2S2/c1-8(6-10)7-15(12,13)11-5-4-9(2)14-3/h8-9,11H,4-7H2,1-3H3. The highest BCUT2D eigenvalue weighted by Gasteiger charge is 2.14. The molecule has 0 rings (SSSR count). The van der Waals surface area contributed by atoms with Gasteiger partial charge in [0.05, 0.1) is 5.75 Å². The van der Waals surface area contributed by atoms with Gasteiger partial charge in [-0.3, -0.25) is 0 Å². The number of alkyl halides is 1. The molecule has 6 heteroatoms. The lowest BCUT2D eigenvalue weighted by Gasteiger charge is -2.11. The number of halogens is 1. The zero-order valence-electron chi connectivity index (χ0n) is 9.49. The van der Waals surface area contributed by atoms with E-state index in [0.717, 1.165) is 6.42 Å². The molecule has 2 unspecified atom stereocenters. The monoisotopic (exact) mass is 273 g/mol. The average molecular weight is 274 g/mol. The van der Waals surface area contributed by atoms with E-state index in [0.29, 0.717) is 17.7 Å². The van der Waals surface area contributed by atoms with Crippen LogP contribution < -0.4 is 4.72 Å². The molecule has 0 aliphatic rings. The first-order valence-electron chi connectivity index (χ1n) is 4.97. The van der Waals surface area contributed by atoms with Gasteiger partial charge in [0.1, 0.15) is 0 Å². The van der Waals surface area contributed by atoms with E-state index in [9.17, 15) is 8.42 Å². The van der Waals surface area contributed by atoms with E-state index in [1.54, 1.807) is 11.8 Å². The fraction of sp³-hybridized carbons (Fsp3) is 1.00. The highest BCUT2D eigenvalue weighted by atomic mass is 35.5. The summed E-state index contributed by atoms with van der Waals surface area (Å²) in [6.45, 7) is 4.43. The molecule has 0 heterocycles. The summed E-state index contributed by atoms with van der Waals surface area (Å²) in [5, 5.41) is 0.484. The summed E-state index contributed by atoms with van der Waals surface area (Å²) < 4.78 is 25.6. The molecule has 0 saturated heterocycles. The van der Waals surface area contributed by atoms with Crippen molar-refractivity contribution in [1.82, 2.24) is 4.72 Å². The van der Waals surface area contributed by atoms with Gasteiger partial charge in [0.25, 0.3) is 0 Å². The molecule has 1 N–H and O–H groups in total. The SMILES string of the molecule is CSC(C)CCNS(=O)(=O)CC(C)CCl. The van der Waals surface area contributed by atoms with Gasteiger partial charge in [-0.15, -0.1) is 11.6 Å². The number of sulfonamides is 1. The van der Waals surface area contributed by atoms with Crippen LogP contribution >= 0.6 is 23.4 Å². The summed E-state index contributed by atoms with van der Waals surface area (Å²) in [4.78, 5) is 0. The third-order valence-corrected chi connectivity index (χ3v) is 5.26. The fourth-order valence-corrected chi connectivity index (χ4v) is 3.02. The molecule has 0 spiro atoms. The van der Waals surface area contributed by atoms with Crippen molar-refractivity contribution in [3.63, 3.8) is 0 Å². The summed E-state index contributed by atoms with van der Waals surface area (Å²) in [5.41, 5.74) is 0. The van der Waals surface area contributed by atoms with Crippen LogP contribution in [-0.2, 0) is 10.0 Å². The highest BCUT2D eigenvalue weighted by Crippen LogP contribution is 2.08. The molecule has 92 valence electrons. The van der Waals surface area contributed by atoms with E-state index in [1.165, 1.54) is 0 Å². The van der Waals surface area contributed by atoms with E-state index in [2.05, 4.69) is 11.6 Å². The van der Waals surface area contributed by atoms with E-state index in [4.69, 9.17) is 11.6 Å². The average Bonchev–Trinajstić information content (AvgIpc) is 2.16. The van der Waals surface area contributed by atoms with Gasteiger partial charge < -0.3 is 0 Å². The van der Waals surface area contributed by atoms with Crippen LogP contribution in [0, 0.1) is 5.92 Å². The van der Waals surface area contributed by atoms with Crippen LogP contribution in [0.2, 0.25) is 0 Å². The second-order valence-corrected chi connectivity index (χ2v) is 7.21. The molecule has 0 bridgehead atoms. The first-order chi connectivity index (χ1) is 6.91. The van der Waals surface area contributed by atoms with Crippen molar-refractivity contribution in [2.75, 3.05) is 24.4 Å². The Hall–Kier alpha value is 0.550. The van der Waals surface area contributed by atoms with Crippen molar-refractivity contribution in [2.24, 2.45) is 5.92 Å². The minimum Gasteiger partial charge on any atom is -0.215 e. The lowest BCUT2D eigenvalue weighted by atomic mass is 10.3. The molecule has 15 heavy (non-hydrogen) atoms. The van der Waals surface area contributed by atoms with E-state index in [-0.39, 0.29) is 11.7 Å². The van der Waals surface area contributed by atoms with Gasteiger partial charge >= 0.3 is 0 Å². The van der Waals surface area contributed by atoms with Gasteiger partial charge in [0, 0.05) is 17.7 Å². The van der Waals surface area contributed by atoms with Gasteiger partial charge in [-0.25, -0.2) is 13.1 Å². The maximum atomic E-state index is 11.5. The van der Waals surface area contributed by atoms with Gasteiger partial charge in [0.15, 0.2) is 0 Å². The smallest absolute Gasteiger partial charge is 0.211 e. The maximum Gasteiger partial charge on any atom is 0.211 e. The predicted molar refractivity (Wildman–Crippen MR) is 69.3 cm³/mol. The quantitative estimate of drug-likeness (QED) is 0.688. The lowest BCUT2D eigenvalue weighted by Crippen LogP contribution is -2.31. The third kappa shape index (κ3) is 8.37. The molecule has 0 fully saturated rings. The van der Waals surface area contributed by atoms with Crippen molar-refractivity contribution in [1.29, 1.82) is 0 Å². The number of thioether (sulfide) groups is 1. The maximum absolute atomic E-state index is 11.5. The fourth-order valence-electron chi connectivity index (χ4n) is 1.01. The molecule has 0 saturated carbocycles. The molecule has 0 aromatic carbocycles. The van der Waals surface area contributed by atoms with Crippen LogP contribution in [0.3, 0.4) is 0 Å². The summed E-state index contributed by atoms with van der Waals surface area (Å²) in [7, 11) is -3.14. The molecule has 2 atom stereocenters. The van der Waals surface area contributed by atoms with E-state index in [1.807, 2.05) is 13.2 Å². The summed E-state index contributed by atoms with van der Waals surface area (Å²) in [5.74, 6) is 0.494. The summed E-state index contributed by atoms with van der Waals surface area (Å²) in [6, 6.07) is 0. The van der Waals surface area contributed by atoms with Gasteiger partial charge in [-0.05, 0) is 18.6 Å². The molecule has 3 nitrogen and oxygen atoms in total. The lowest BCUT2D eigenvalue weighted by molar-refractivity contribution is 0.566. The Balaban J connectivity index is 3.85. The normalized spacial score (nSPS) is 16.3. The topological polar surface area (TPSA) is 46.2 Å². The number of hydrogen-bond acceptors (Lipinski definition) is 3. The van der Waals surface area contributed by atoms with Gasteiger partial charge in [0.2, 0.25) is 10.0 Å². The summed E-state index contributed by atoms with van der Waals surface area (Å²) in [6.07, 6.45) is 2.88. The molecular weight excluding hydrogens is 254 g/mol. The second kappa shape index (κ2) is 7.76. The van der Waals surface area contributed by atoms with Crippen LogP contribution in [0.5, 0.6) is 0 Å². The third-order valence-electron chi connectivity index (χ3n) is 2.04. The Bertz CT molecular complexity index is 257. The molecular formula is C9H20ClNO2S2. The molecule has 0 aromatic heterocycles. The van der Waals surface area contributed by atoms with Crippen molar-refractivity contribution < 1.29 is 8.42 Å². The molecule has 0 aromatic rings. The Morgan fingerprint density at radius 1 is 1.40 bits per heavy atom. The van der Waals surface area contributed by atoms with Crippen molar-refractivity contribution in [3.05, 3.63) is 0 Å². The minimum atomic E-state index is -3.14. The zero-order chi connectivity index (χ0) is 11.9. The Morgan fingerprint density at radius 3 is 2.47 bits per heavy atom. The van der Waals surface area contributed by atoms with Crippen LogP contribution in [0.1, 0.15) is 20.3 Å². The predicted octanol–water partition coefficient (Wildman–Crippen LogP) is 1.92. The highest BCUT2D eigenvalue weighted by molar-refractivity contribution is 7.99. The minimum absolute atomic E-state index is 0.00198. The van der Waals surface area contributed by atoms with Crippen LogP contribution in [-0.4, -0.2) is 38.1 Å². The van der Waals surface area contributed by atoms with Crippen LogP contribution in [0.4, 0.5) is 0 Å². The van der Waals surface area contributed by atoms with Crippen LogP contribution in [0.15, 0.2) is 0 Å². The van der Waals surface area contributed by atoms with E-state index < -0.39 is 10.0 Å². The van der Waals surface area contributed by atoms with Gasteiger partial charge in [-0.2, -0.15) is 11.8 Å². The number of hydrogen-bond donors (Lipinski definition) is 1. The largest absolute Gasteiger partial charge is 0.215 e. The van der Waals surface area contributed by atoms with Crippen molar-refractivity contribution in [3.8, 4) is 0 Å². The molecule has 0 aliphatic heterocycles. The first-order valence-corrected chi connectivity index (χ1v) is 8.45. The Labute approximate surface area is 102 Å². The van der Waals surface area contributed by atoms with Crippen molar-refractivity contribution in [2.45, 2.75) is 25.5 Å². The Kier molecular flexibility index (Phi) is 8.05. The molecule has 0 radical (unpaired) electrons. The van der Waals surface area contributed by atoms with Gasteiger partial charge in [-0.1, -0.05) is 13.8 Å². The van der Waals surface area contributed by atoms with Crippen molar-refractivity contribution >= 4 is 33.4 Å². The second-order valence-electron chi connectivity index (χ2n) is 3.77. The number of nitrogens with one attached hydrogen (secondary N) is 1. The van der Waals surface area contributed by atoms with Crippen LogP contribution in [0.25, 0.3) is 0 Å². The first kappa shape index (κ1) is 15.6.